The molecule has 0 aromatic heterocycles. The number of aryl methyl sites for hydroxylation is 4. The Morgan fingerprint density at radius 1 is 0.600 bits per heavy atom. The lowest BCUT2D eigenvalue weighted by Crippen LogP contribution is -2.08. The van der Waals surface area contributed by atoms with E-state index in [0.717, 1.165) is 29.7 Å². The summed E-state index contributed by atoms with van der Waals surface area (Å²) < 4.78 is 120. The summed E-state index contributed by atoms with van der Waals surface area (Å²) in [6, 6.07) is 13.1. The molecule has 290 valence electrons. The predicted molar refractivity (Wildman–Crippen MR) is 215 cm³/mol. The molecule has 1 aliphatic rings. The van der Waals surface area contributed by atoms with Crippen LogP contribution in [0, 0.1) is 41.5 Å². The molecule has 16 heteroatoms. The van der Waals surface area contributed by atoms with Crippen molar-refractivity contribution in [1.29, 1.82) is 0 Å². The molecule has 1 aliphatic carbocycles. The average Bonchev–Trinajstić information content (AvgIpc) is 3.04. The average molecular weight is 825 g/mol. The number of sulfone groups is 2. The van der Waals surface area contributed by atoms with Crippen molar-refractivity contribution in [2.24, 2.45) is 4.99 Å². The third-order valence-corrected chi connectivity index (χ3v) is 13.6. The molecule has 0 saturated carbocycles. The van der Waals surface area contributed by atoms with Crippen molar-refractivity contribution in [3.8, 4) is 0 Å². The third-order valence-electron chi connectivity index (χ3n) is 9.14. The zero-order valence-corrected chi connectivity index (χ0v) is 34.5. The van der Waals surface area contributed by atoms with Crippen molar-refractivity contribution in [3.05, 3.63) is 129 Å². The summed E-state index contributed by atoms with van der Waals surface area (Å²) >= 11 is 0. The fourth-order valence-corrected chi connectivity index (χ4v) is 11.0. The van der Waals surface area contributed by atoms with Crippen LogP contribution < -0.4 is 5.32 Å². The van der Waals surface area contributed by atoms with E-state index in [1.54, 1.807) is 88.4 Å². The van der Waals surface area contributed by atoms with Crippen LogP contribution in [0.5, 0.6) is 0 Å². The van der Waals surface area contributed by atoms with Gasteiger partial charge in [0.1, 0.15) is 4.90 Å². The van der Waals surface area contributed by atoms with Gasteiger partial charge >= 0.3 is 0 Å². The van der Waals surface area contributed by atoms with Crippen molar-refractivity contribution in [2.75, 3.05) is 17.8 Å². The van der Waals surface area contributed by atoms with Crippen molar-refractivity contribution in [3.63, 3.8) is 0 Å². The Morgan fingerprint density at radius 3 is 1.64 bits per heavy atom. The van der Waals surface area contributed by atoms with Crippen molar-refractivity contribution in [1.82, 2.24) is 0 Å². The SMILES string of the molecule is Cc1cc(C)c(S(C)(=O)=O)c(C)c1N=C1C=CC(=C(c2ccc(Nc3c(C)cc(C)c(S(C)(=O)=O)c3C)cc2)c2ccc(S(=O)(=O)O)cc2S(=O)(=O)O)C=C1. The van der Waals surface area contributed by atoms with Crippen molar-refractivity contribution in [2.45, 2.75) is 61.1 Å². The minimum Gasteiger partial charge on any atom is -0.355 e. The number of hydrogen-bond donors (Lipinski definition) is 3. The summed E-state index contributed by atoms with van der Waals surface area (Å²) in [6.45, 7) is 10.5. The van der Waals surface area contributed by atoms with Crippen LogP contribution in [0.2, 0.25) is 0 Å². The van der Waals surface area contributed by atoms with E-state index < -0.39 is 49.7 Å². The highest BCUT2D eigenvalue weighted by molar-refractivity contribution is 7.91. The van der Waals surface area contributed by atoms with E-state index in [2.05, 4.69) is 5.32 Å². The van der Waals surface area contributed by atoms with Gasteiger partial charge in [0.2, 0.25) is 0 Å². The molecule has 0 fully saturated rings. The van der Waals surface area contributed by atoms with E-state index >= 15 is 0 Å². The van der Waals surface area contributed by atoms with Crippen LogP contribution in [0.3, 0.4) is 0 Å². The first-order chi connectivity index (χ1) is 25.3. The monoisotopic (exact) mass is 824 g/mol. The smallest absolute Gasteiger partial charge is 0.295 e. The zero-order valence-electron chi connectivity index (χ0n) is 31.2. The normalized spacial score (nSPS) is 13.6. The number of anilines is 2. The van der Waals surface area contributed by atoms with Crippen LogP contribution in [0.15, 0.2) is 109 Å². The largest absolute Gasteiger partial charge is 0.355 e. The van der Waals surface area contributed by atoms with Gasteiger partial charge in [-0.25, -0.2) is 21.8 Å². The molecule has 12 nitrogen and oxygen atoms in total. The van der Waals surface area contributed by atoms with Gasteiger partial charge in [0.25, 0.3) is 20.2 Å². The Hall–Kier alpha value is -4.71. The molecule has 0 spiro atoms. The topological polar surface area (TPSA) is 201 Å². The van der Waals surface area contributed by atoms with E-state index in [1.165, 1.54) is 6.07 Å². The summed E-state index contributed by atoms with van der Waals surface area (Å²) in [4.78, 5) is 3.64. The minimum atomic E-state index is -5.06. The Kier molecular flexibility index (Phi) is 11.1. The van der Waals surface area contributed by atoms with Gasteiger partial charge in [0, 0.05) is 29.4 Å². The van der Waals surface area contributed by atoms with Crippen LogP contribution in [0.4, 0.5) is 17.1 Å². The summed E-state index contributed by atoms with van der Waals surface area (Å²) in [5.74, 6) is 0. The third kappa shape index (κ3) is 8.74. The van der Waals surface area contributed by atoms with E-state index in [1.807, 2.05) is 13.8 Å². The molecular weight excluding hydrogens is 785 g/mol. The summed E-state index contributed by atoms with van der Waals surface area (Å²) in [7, 11) is -17.0. The predicted octanol–water partition coefficient (Wildman–Crippen LogP) is 7.28. The van der Waals surface area contributed by atoms with Gasteiger partial charge in [-0.3, -0.25) is 9.11 Å². The molecule has 0 radical (unpaired) electrons. The fraction of sp³-hybridized carbons (Fsp3) is 0.205. The molecule has 0 aliphatic heterocycles. The molecule has 0 unspecified atom stereocenters. The fourth-order valence-electron chi connectivity index (χ4n) is 7.09. The maximum absolute atomic E-state index is 12.7. The second-order valence-electron chi connectivity index (χ2n) is 13.5. The second-order valence-corrected chi connectivity index (χ2v) is 20.3. The van der Waals surface area contributed by atoms with Gasteiger partial charge in [-0.1, -0.05) is 42.5 Å². The molecule has 0 heterocycles. The van der Waals surface area contributed by atoms with E-state index in [4.69, 9.17) is 4.99 Å². The Balaban J connectivity index is 1.68. The number of nitrogens with one attached hydrogen (secondary N) is 1. The van der Waals surface area contributed by atoms with E-state index in [-0.39, 0.29) is 20.9 Å². The molecule has 0 bridgehead atoms. The van der Waals surface area contributed by atoms with Crippen LogP contribution in [-0.2, 0) is 39.9 Å². The molecule has 5 rings (SSSR count). The van der Waals surface area contributed by atoms with Crippen LogP contribution in [0.25, 0.3) is 5.57 Å². The molecule has 0 amide bonds. The van der Waals surface area contributed by atoms with Crippen molar-refractivity contribution >= 4 is 68.3 Å². The van der Waals surface area contributed by atoms with Gasteiger partial charge in [-0.05, 0) is 128 Å². The summed E-state index contributed by atoms with van der Waals surface area (Å²) in [5.41, 5.74) is 6.97. The number of benzene rings is 4. The molecule has 55 heavy (non-hydrogen) atoms. The van der Waals surface area contributed by atoms with Gasteiger partial charge in [0.15, 0.2) is 19.7 Å². The number of hydrogen-bond acceptors (Lipinski definition) is 10. The van der Waals surface area contributed by atoms with E-state index in [0.29, 0.717) is 62.2 Å². The Morgan fingerprint density at radius 2 is 1.13 bits per heavy atom. The van der Waals surface area contributed by atoms with Gasteiger partial charge in [-0.2, -0.15) is 16.8 Å². The molecule has 0 atom stereocenters. The minimum absolute atomic E-state index is 0.0775. The maximum Gasteiger partial charge on any atom is 0.295 e. The molecule has 4 aromatic rings. The van der Waals surface area contributed by atoms with Crippen molar-refractivity contribution < 1.29 is 42.8 Å². The van der Waals surface area contributed by atoms with E-state index in [9.17, 15) is 42.8 Å². The molecule has 0 saturated heterocycles. The molecule has 4 aromatic carbocycles. The number of allylic oxidation sites excluding steroid dienone is 5. The van der Waals surface area contributed by atoms with Gasteiger partial charge in [0.05, 0.1) is 26.1 Å². The van der Waals surface area contributed by atoms with Gasteiger partial charge < -0.3 is 5.32 Å². The lowest BCUT2D eigenvalue weighted by atomic mass is 9.90. The highest BCUT2D eigenvalue weighted by Gasteiger charge is 2.26. The zero-order chi connectivity index (χ0) is 41.0. The molecular formula is C39H40N2O10S4. The Labute approximate surface area is 322 Å². The van der Waals surface area contributed by atoms with Crippen LogP contribution >= 0.6 is 0 Å². The standard InChI is InChI=1S/C39H40N2O10S4/c1-22-19-24(3)38(52(7,42)43)26(5)36(22)40-30-13-9-28(10-14-30)35(33-18-17-32(54(46,47)48)21-34(33)55(49,50)51)29-11-15-31(16-12-29)41-37-23(2)20-25(4)39(27(37)6)53(8,44)45/h9-21,40H,1-8H3,(H,46,47,48)(H,49,50,51). The number of nitrogens with zero attached hydrogens (tertiary/aromatic N) is 1. The highest BCUT2D eigenvalue weighted by Crippen LogP contribution is 2.38. The number of rotatable bonds is 9. The van der Waals surface area contributed by atoms with Crippen LogP contribution in [-0.4, -0.2) is 61.0 Å². The first kappa shape index (κ1) is 41.5. The second kappa shape index (κ2) is 14.7. The lowest BCUT2D eigenvalue weighted by molar-refractivity contribution is 0.480. The number of aliphatic imine (C=N–C) groups is 1. The maximum atomic E-state index is 12.7. The molecule has 3 N–H and O–H groups in total. The van der Waals surface area contributed by atoms with Crippen LogP contribution in [0.1, 0.15) is 44.5 Å². The Bertz CT molecular complexity index is 2850. The first-order valence-electron chi connectivity index (χ1n) is 16.6. The quantitative estimate of drug-likeness (QED) is 0.143. The summed E-state index contributed by atoms with van der Waals surface area (Å²) in [6.07, 6.45) is 8.87. The summed E-state index contributed by atoms with van der Waals surface area (Å²) in [5, 5.41) is 3.29. The highest BCUT2D eigenvalue weighted by atomic mass is 32.2. The first-order valence-corrected chi connectivity index (χ1v) is 23.2. The van der Waals surface area contributed by atoms with Gasteiger partial charge in [-0.15, -0.1) is 0 Å². The lowest BCUT2D eigenvalue weighted by Gasteiger charge is -2.19.